The summed E-state index contributed by atoms with van der Waals surface area (Å²) in [6.07, 6.45) is 3.67. The molecule has 0 amide bonds. The van der Waals surface area contributed by atoms with E-state index in [2.05, 4.69) is 9.47 Å². The molecule has 78 valence electrons. The lowest BCUT2D eigenvalue weighted by Gasteiger charge is -2.00. The first-order valence-electron chi connectivity index (χ1n) is 3.93. The molecule has 0 aliphatic heterocycles. The van der Waals surface area contributed by atoms with Crippen molar-refractivity contribution in [3.63, 3.8) is 0 Å². The maximum Gasteiger partial charge on any atom is 0.345 e. The molecule has 0 aliphatic carbocycles. The van der Waals surface area contributed by atoms with Crippen molar-refractivity contribution < 1.29 is 24.2 Å². The SMILES string of the molecule is CCOC(=O)C(=CC=COC)C(=O)O. The Hall–Kier alpha value is -1.78. The summed E-state index contributed by atoms with van der Waals surface area (Å²) < 4.78 is 9.07. The summed E-state index contributed by atoms with van der Waals surface area (Å²) in [6.45, 7) is 1.74. The van der Waals surface area contributed by atoms with Crippen LogP contribution >= 0.6 is 0 Å². The summed E-state index contributed by atoms with van der Waals surface area (Å²) in [4.78, 5) is 21.6. The zero-order valence-electron chi connectivity index (χ0n) is 8.02. The second-order valence-corrected chi connectivity index (χ2v) is 2.17. The van der Waals surface area contributed by atoms with E-state index >= 15 is 0 Å². The minimum Gasteiger partial charge on any atom is -0.504 e. The summed E-state index contributed by atoms with van der Waals surface area (Å²) >= 11 is 0. The van der Waals surface area contributed by atoms with Gasteiger partial charge in [0.25, 0.3) is 0 Å². The van der Waals surface area contributed by atoms with E-state index < -0.39 is 17.5 Å². The predicted molar refractivity (Wildman–Crippen MR) is 48.5 cm³/mol. The van der Waals surface area contributed by atoms with Crippen LogP contribution in [0.25, 0.3) is 0 Å². The van der Waals surface area contributed by atoms with Gasteiger partial charge in [0.1, 0.15) is 5.57 Å². The van der Waals surface area contributed by atoms with E-state index in [0.29, 0.717) is 0 Å². The van der Waals surface area contributed by atoms with Crippen LogP contribution in [0.15, 0.2) is 24.0 Å². The summed E-state index contributed by atoms with van der Waals surface area (Å²) in [7, 11) is 1.41. The van der Waals surface area contributed by atoms with Gasteiger partial charge in [-0.2, -0.15) is 0 Å². The number of carboxylic acid groups (broad SMARTS) is 1. The third-order valence-corrected chi connectivity index (χ3v) is 1.20. The van der Waals surface area contributed by atoms with E-state index in [0.717, 1.165) is 6.08 Å². The summed E-state index contributed by atoms with van der Waals surface area (Å²) in [5, 5.41) is 8.63. The molecule has 0 aliphatic rings. The Morgan fingerprint density at radius 1 is 1.43 bits per heavy atom. The number of ether oxygens (including phenoxy) is 2. The van der Waals surface area contributed by atoms with Crippen LogP contribution in [-0.4, -0.2) is 30.8 Å². The Labute approximate surface area is 81.6 Å². The molecule has 0 rings (SSSR count). The van der Waals surface area contributed by atoms with E-state index in [1.807, 2.05) is 0 Å². The quantitative estimate of drug-likeness (QED) is 0.177. The first-order chi connectivity index (χ1) is 6.63. The van der Waals surface area contributed by atoms with Gasteiger partial charge in [0, 0.05) is 0 Å². The van der Waals surface area contributed by atoms with Crippen molar-refractivity contribution >= 4 is 11.9 Å². The van der Waals surface area contributed by atoms with Crippen molar-refractivity contribution in [3.05, 3.63) is 24.0 Å². The van der Waals surface area contributed by atoms with Crippen LogP contribution in [0, 0.1) is 0 Å². The Bertz CT molecular complexity index is 264. The van der Waals surface area contributed by atoms with Gasteiger partial charge in [-0.3, -0.25) is 0 Å². The molecule has 0 saturated carbocycles. The van der Waals surface area contributed by atoms with Crippen LogP contribution < -0.4 is 0 Å². The molecule has 5 heteroatoms. The number of esters is 1. The summed E-state index contributed by atoms with van der Waals surface area (Å²) in [6, 6.07) is 0. The fourth-order valence-electron chi connectivity index (χ4n) is 0.650. The Morgan fingerprint density at radius 3 is 2.50 bits per heavy atom. The van der Waals surface area contributed by atoms with Gasteiger partial charge < -0.3 is 14.6 Å². The van der Waals surface area contributed by atoms with Crippen LogP contribution in [0.2, 0.25) is 0 Å². The largest absolute Gasteiger partial charge is 0.504 e. The molecule has 0 bridgehead atoms. The average Bonchev–Trinajstić information content (AvgIpc) is 2.12. The average molecular weight is 200 g/mol. The minimum atomic E-state index is -1.33. The van der Waals surface area contributed by atoms with Crippen molar-refractivity contribution in [2.24, 2.45) is 0 Å². The molecule has 14 heavy (non-hydrogen) atoms. The van der Waals surface area contributed by atoms with E-state index in [-0.39, 0.29) is 6.61 Å². The summed E-state index contributed by atoms with van der Waals surface area (Å²) in [5.41, 5.74) is -0.430. The molecule has 0 atom stereocenters. The first-order valence-corrected chi connectivity index (χ1v) is 3.93. The number of carboxylic acids is 1. The molecule has 0 heterocycles. The van der Waals surface area contributed by atoms with E-state index in [4.69, 9.17) is 5.11 Å². The molecule has 0 saturated heterocycles. The summed E-state index contributed by atoms with van der Waals surface area (Å²) in [5.74, 6) is -2.19. The van der Waals surface area contributed by atoms with Crippen LogP contribution in [0.3, 0.4) is 0 Å². The van der Waals surface area contributed by atoms with Crippen molar-refractivity contribution in [2.75, 3.05) is 13.7 Å². The van der Waals surface area contributed by atoms with E-state index in [1.54, 1.807) is 6.92 Å². The van der Waals surface area contributed by atoms with Gasteiger partial charge in [-0.05, 0) is 19.1 Å². The van der Waals surface area contributed by atoms with Gasteiger partial charge in [-0.25, -0.2) is 9.59 Å². The number of hydrogen-bond acceptors (Lipinski definition) is 4. The third-order valence-electron chi connectivity index (χ3n) is 1.20. The molecule has 0 unspecified atom stereocenters. The van der Waals surface area contributed by atoms with Gasteiger partial charge in [0.2, 0.25) is 0 Å². The first kappa shape index (κ1) is 12.2. The van der Waals surface area contributed by atoms with Crippen LogP contribution in [0.1, 0.15) is 6.92 Å². The molecule has 0 aromatic carbocycles. The molecule has 0 radical (unpaired) electrons. The van der Waals surface area contributed by atoms with Crippen LogP contribution in [0.4, 0.5) is 0 Å². The standard InChI is InChI=1S/C9H12O5/c1-3-14-9(12)7(8(10)11)5-4-6-13-2/h4-6H,3H2,1-2H3,(H,10,11). The lowest BCUT2D eigenvalue weighted by atomic mass is 10.2. The maximum absolute atomic E-state index is 11.0. The van der Waals surface area contributed by atoms with Gasteiger partial charge in [-0.1, -0.05) is 0 Å². The normalized spacial score (nSPS) is 11.4. The second-order valence-electron chi connectivity index (χ2n) is 2.17. The number of allylic oxidation sites excluding steroid dienone is 2. The fraction of sp³-hybridized carbons (Fsp3) is 0.333. The molecule has 0 spiro atoms. The molecular formula is C9H12O5. The Kier molecular flexibility index (Phi) is 5.85. The van der Waals surface area contributed by atoms with E-state index in [1.165, 1.54) is 19.4 Å². The number of methoxy groups -OCH3 is 1. The third kappa shape index (κ3) is 4.30. The highest BCUT2D eigenvalue weighted by atomic mass is 16.5. The highest BCUT2D eigenvalue weighted by Crippen LogP contribution is 1.99. The minimum absolute atomic E-state index is 0.136. The maximum atomic E-state index is 11.0. The van der Waals surface area contributed by atoms with Crippen LogP contribution in [-0.2, 0) is 19.1 Å². The molecule has 5 nitrogen and oxygen atoms in total. The fourth-order valence-corrected chi connectivity index (χ4v) is 0.650. The Morgan fingerprint density at radius 2 is 2.07 bits per heavy atom. The molecule has 0 fully saturated rings. The van der Waals surface area contributed by atoms with Crippen LogP contribution in [0.5, 0.6) is 0 Å². The lowest BCUT2D eigenvalue weighted by molar-refractivity contribution is -0.143. The number of rotatable bonds is 5. The van der Waals surface area contributed by atoms with Gasteiger partial charge in [0.15, 0.2) is 0 Å². The highest BCUT2D eigenvalue weighted by molar-refractivity contribution is 6.13. The number of aliphatic carboxylic acids is 1. The zero-order valence-corrected chi connectivity index (χ0v) is 8.02. The second kappa shape index (κ2) is 6.71. The topological polar surface area (TPSA) is 72.8 Å². The van der Waals surface area contributed by atoms with Gasteiger partial charge in [-0.15, -0.1) is 0 Å². The molecular weight excluding hydrogens is 188 g/mol. The van der Waals surface area contributed by atoms with Crippen molar-refractivity contribution in [1.82, 2.24) is 0 Å². The number of hydrogen-bond donors (Lipinski definition) is 1. The lowest BCUT2D eigenvalue weighted by Crippen LogP contribution is -2.15. The van der Waals surface area contributed by atoms with E-state index in [9.17, 15) is 9.59 Å². The van der Waals surface area contributed by atoms with Crippen molar-refractivity contribution in [2.45, 2.75) is 6.92 Å². The Balaban J connectivity index is 4.59. The molecule has 0 aromatic heterocycles. The number of carbonyl (C=O) groups excluding carboxylic acids is 1. The monoisotopic (exact) mass is 200 g/mol. The van der Waals surface area contributed by atoms with Gasteiger partial charge >= 0.3 is 11.9 Å². The highest BCUT2D eigenvalue weighted by Gasteiger charge is 2.17. The predicted octanol–water partition coefficient (Wildman–Crippen LogP) is 0.721. The zero-order chi connectivity index (χ0) is 11.0. The smallest absolute Gasteiger partial charge is 0.345 e. The van der Waals surface area contributed by atoms with Gasteiger partial charge in [0.05, 0.1) is 20.0 Å². The molecule has 1 N–H and O–H groups in total. The van der Waals surface area contributed by atoms with Crippen molar-refractivity contribution in [1.29, 1.82) is 0 Å². The number of carbonyl (C=O) groups is 2. The molecule has 0 aromatic rings. The van der Waals surface area contributed by atoms with Crippen molar-refractivity contribution in [3.8, 4) is 0 Å².